The molecule has 94 valence electrons. The van der Waals surface area contributed by atoms with Crippen molar-refractivity contribution in [1.82, 2.24) is 4.31 Å². The molecule has 7 heteroatoms. The predicted molar refractivity (Wildman–Crippen MR) is 57.6 cm³/mol. The van der Waals surface area contributed by atoms with Crippen LogP contribution in [0.2, 0.25) is 0 Å². The van der Waals surface area contributed by atoms with E-state index in [0.29, 0.717) is 13.2 Å². The second kappa shape index (κ2) is 5.60. The maximum absolute atomic E-state index is 11.8. The molecule has 1 fully saturated rings. The first-order valence-electron chi connectivity index (χ1n) is 5.17. The molecule has 0 heterocycles. The third-order valence-electron chi connectivity index (χ3n) is 2.40. The van der Waals surface area contributed by atoms with E-state index in [1.165, 1.54) is 11.4 Å². The topological polar surface area (TPSA) is 83.9 Å². The third-order valence-corrected chi connectivity index (χ3v) is 4.32. The van der Waals surface area contributed by atoms with Crippen LogP contribution in [-0.4, -0.2) is 55.9 Å². The van der Waals surface area contributed by atoms with E-state index in [9.17, 15) is 13.2 Å². The number of carbonyl (C=O) groups is 1. The van der Waals surface area contributed by atoms with E-state index in [1.54, 1.807) is 0 Å². The summed E-state index contributed by atoms with van der Waals surface area (Å²) in [5.41, 5.74) is 0. The zero-order valence-corrected chi connectivity index (χ0v) is 10.1. The Morgan fingerprint density at radius 2 is 2.12 bits per heavy atom. The lowest BCUT2D eigenvalue weighted by Gasteiger charge is -2.20. The minimum absolute atomic E-state index is 0.0499. The summed E-state index contributed by atoms with van der Waals surface area (Å²) in [5, 5.41) is 8.48. The van der Waals surface area contributed by atoms with Gasteiger partial charge in [-0.15, -0.1) is 0 Å². The molecular formula is C9H17NO5S. The lowest BCUT2D eigenvalue weighted by molar-refractivity contribution is -0.136. The van der Waals surface area contributed by atoms with Crippen LogP contribution >= 0.6 is 0 Å². The minimum Gasteiger partial charge on any atom is -0.481 e. The number of nitrogens with zero attached hydrogens (tertiary/aromatic N) is 1. The summed E-state index contributed by atoms with van der Waals surface area (Å²) in [5.74, 6) is -1.42. The quantitative estimate of drug-likeness (QED) is 0.651. The van der Waals surface area contributed by atoms with Gasteiger partial charge in [0.2, 0.25) is 10.0 Å². The summed E-state index contributed by atoms with van der Waals surface area (Å²) in [6, 6.07) is 0.0499. The van der Waals surface area contributed by atoms with Crippen molar-refractivity contribution in [2.75, 3.05) is 26.0 Å². The average molecular weight is 251 g/mol. The van der Waals surface area contributed by atoms with Crippen LogP contribution in [0.5, 0.6) is 0 Å². The fourth-order valence-corrected chi connectivity index (χ4v) is 3.11. The Hall–Kier alpha value is -0.660. The molecule has 6 nitrogen and oxygen atoms in total. The van der Waals surface area contributed by atoms with Gasteiger partial charge in [0.1, 0.15) is 0 Å². The molecule has 0 spiro atoms. The molecule has 1 N–H and O–H groups in total. The molecule has 1 saturated carbocycles. The summed E-state index contributed by atoms with van der Waals surface area (Å²) >= 11 is 0. The van der Waals surface area contributed by atoms with Gasteiger partial charge >= 0.3 is 5.97 Å². The molecule has 1 aliphatic rings. The van der Waals surface area contributed by atoms with Crippen LogP contribution in [0, 0.1) is 0 Å². The summed E-state index contributed by atoms with van der Waals surface area (Å²) in [4.78, 5) is 10.4. The van der Waals surface area contributed by atoms with Gasteiger partial charge in [-0.2, -0.15) is 4.31 Å². The summed E-state index contributed by atoms with van der Waals surface area (Å²) in [6.45, 7) is 0.645. The van der Waals surface area contributed by atoms with Crippen molar-refractivity contribution in [3.05, 3.63) is 0 Å². The minimum atomic E-state index is -3.45. The first-order chi connectivity index (χ1) is 7.47. The second-order valence-corrected chi connectivity index (χ2v) is 5.84. The molecule has 0 amide bonds. The number of methoxy groups -OCH3 is 1. The van der Waals surface area contributed by atoms with Gasteiger partial charge in [-0.25, -0.2) is 8.42 Å². The second-order valence-electron chi connectivity index (χ2n) is 3.79. The van der Waals surface area contributed by atoms with Crippen LogP contribution in [0.25, 0.3) is 0 Å². The maximum atomic E-state index is 11.8. The fourth-order valence-electron chi connectivity index (χ4n) is 1.43. The van der Waals surface area contributed by atoms with Crippen LogP contribution in [0.4, 0.5) is 0 Å². The van der Waals surface area contributed by atoms with Crippen LogP contribution in [0.1, 0.15) is 19.3 Å². The third kappa shape index (κ3) is 4.07. The SMILES string of the molecule is COCCN(C1CC1)S(=O)(=O)CCC(=O)O. The molecule has 0 saturated heterocycles. The van der Waals surface area contributed by atoms with Gasteiger partial charge in [-0.1, -0.05) is 0 Å². The summed E-state index contributed by atoms with van der Waals surface area (Å²) in [7, 11) is -1.95. The van der Waals surface area contributed by atoms with Crippen LogP contribution in [-0.2, 0) is 19.6 Å². The molecule has 1 aliphatic carbocycles. The average Bonchev–Trinajstić information content (AvgIpc) is 2.99. The Kier molecular flexibility index (Phi) is 4.69. The van der Waals surface area contributed by atoms with E-state index in [0.717, 1.165) is 12.8 Å². The number of carboxylic acid groups (broad SMARTS) is 1. The number of hydrogen-bond acceptors (Lipinski definition) is 4. The lowest BCUT2D eigenvalue weighted by Crippen LogP contribution is -2.37. The van der Waals surface area contributed by atoms with E-state index in [1.807, 2.05) is 0 Å². The van der Waals surface area contributed by atoms with Gasteiger partial charge < -0.3 is 9.84 Å². The van der Waals surface area contributed by atoms with Crippen molar-refractivity contribution < 1.29 is 23.1 Å². The van der Waals surface area contributed by atoms with Gasteiger partial charge in [0, 0.05) is 19.7 Å². The van der Waals surface area contributed by atoms with Crippen LogP contribution < -0.4 is 0 Å². The van der Waals surface area contributed by atoms with E-state index in [4.69, 9.17) is 9.84 Å². The Labute approximate surface area is 95.2 Å². The molecule has 0 unspecified atom stereocenters. The van der Waals surface area contributed by atoms with Gasteiger partial charge in [0.15, 0.2) is 0 Å². The number of aliphatic carboxylic acids is 1. The lowest BCUT2D eigenvalue weighted by atomic mass is 10.5. The Morgan fingerprint density at radius 1 is 1.50 bits per heavy atom. The van der Waals surface area contributed by atoms with Crippen molar-refractivity contribution in [2.24, 2.45) is 0 Å². The zero-order chi connectivity index (χ0) is 12.2. The highest BCUT2D eigenvalue weighted by atomic mass is 32.2. The highest BCUT2D eigenvalue weighted by molar-refractivity contribution is 7.89. The number of carboxylic acids is 1. The standard InChI is InChI=1S/C9H17NO5S/c1-15-6-5-10(8-2-3-8)16(13,14)7-4-9(11)12/h8H,2-7H2,1H3,(H,11,12). The Bertz CT molecular complexity index is 336. The number of rotatable bonds is 8. The highest BCUT2D eigenvalue weighted by Gasteiger charge is 2.36. The molecule has 0 aromatic carbocycles. The largest absolute Gasteiger partial charge is 0.481 e. The van der Waals surface area contributed by atoms with Crippen molar-refractivity contribution in [3.8, 4) is 0 Å². The molecule has 0 atom stereocenters. The molecule has 0 aromatic rings. The molecule has 1 rings (SSSR count). The number of sulfonamides is 1. The summed E-state index contributed by atoms with van der Waals surface area (Å²) in [6.07, 6.45) is 1.37. The molecule has 16 heavy (non-hydrogen) atoms. The smallest absolute Gasteiger partial charge is 0.304 e. The van der Waals surface area contributed by atoms with E-state index in [-0.39, 0.29) is 18.2 Å². The number of ether oxygens (including phenoxy) is 1. The summed E-state index contributed by atoms with van der Waals surface area (Å²) < 4.78 is 29.9. The fraction of sp³-hybridized carbons (Fsp3) is 0.889. The predicted octanol–water partition coefficient (Wildman–Crippen LogP) is -0.0983. The van der Waals surface area contributed by atoms with Gasteiger partial charge in [-0.3, -0.25) is 4.79 Å². The molecule has 0 bridgehead atoms. The Balaban J connectivity index is 2.57. The Morgan fingerprint density at radius 3 is 2.56 bits per heavy atom. The van der Waals surface area contributed by atoms with Gasteiger partial charge in [0.25, 0.3) is 0 Å². The van der Waals surface area contributed by atoms with E-state index in [2.05, 4.69) is 0 Å². The molecule has 0 aliphatic heterocycles. The zero-order valence-electron chi connectivity index (χ0n) is 9.26. The van der Waals surface area contributed by atoms with Crippen molar-refractivity contribution in [3.63, 3.8) is 0 Å². The normalized spacial score (nSPS) is 16.6. The van der Waals surface area contributed by atoms with Gasteiger partial charge in [-0.05, 0) is 12.8 Å². The van der Waals surface area contributed by atoms with Crippen LogP contribution in [0.15, 0.2) is 0 Å². The van der Waals surface area contributed by atoms with Crippen molar-refractivity contribution in [2.45, 2.75) is 25.3 Å². The number of hydrogen-bond donors (Lipinski definition) is 1. The van der Waals surface area contributed by atoms with E-state index >= 15 is 0 Å². The first-order valence-corrected chi connectivity index (χ1v) is 6.78. The highest BCUT2D eigenvalue weighted by Crippen LogP contribution is 2.29. The molecular weight excluding hydrogens is 234 g/mol. The van der Waals surface area contributed by atoms with Crippen molar-refractivity contribution in [1.29, 1.82) is 0 Å². The van der Waals surface area contributed by atoms with Crippen molar-refractivity contribution >= 4 is 16.0 Å². The molecule has 0 aromatic heterocycles. The van der Waals surface area contributed by atoms with Crippen LogP contribution in [0.3, 0.4) is 0 Å². The first kappa shape index (κ1) is 13.4. The van der Waals surface area contributed by atoms with Gasteiger partial charge in [0.05, 0.1) is 18.8 Å². The molecule has 0 radical (unpaired) electrons. The maximum Gasteiger partial charge on any atom is 0.304 e. The monoisotopic (exact) mass is 251 g/mol. The van der Waals surface area contributed by atoms with E-state index < -0.39 is 16.0 Å².